The minimum atomic E-state index is 0.339. The lowest BCUT2D eigenvalue weighted by Crippen LogP contribution is -2.09. The molecule has 13 heavy (non-hydrogen) atoms. The fourth-order valence-corrected chi connectivity index (χ4v) is 0.988. The second kappa shape index (κ2) is 6.84. The number of nitrogens with zero attached hydrogens (tertiary/aromatic N) is 1. The lowest BCUT2D eigenvalue weighted by atomic mass is 10.2. The first-order valence-electron chi connectivity index (χ1n) is 4.85. The summed E-state index contributed by atoms with van der Waals surface area (Å²) in [6, 6.07) is 0.339. The van der Waals surface area contributed by atoms with Gasteiger partial charge < -0.3 is 4.74 Å². The van der Waals surface area contributed by atoms with E-state index < -0.39 is 0 Å². The summed E-state index contributed by atoms with van der Waals surface area (Å²) in [6.07, 6.45) is 2.08. The Morgan fingerprint density at radius 1 is 1.38 bits per heavy atom. The molecule has 2 heteroatoms. The summed E-state index contributed by atoms with van der Waals surface area (Å²) in [5.41, 5.74) is 2.30. The molecule has 0 unspecified atom stereocenters. The normalized spacial score (nSPS) is 12.0. The van der Waals surface area contributed by atoms with Crippen LogP contribution in [0.2, 0.25) is 0 Å². The van der Waals surface area contributed by atoms with Crippen LogP contribution in [-0.2, 0) is 4.74 Å². The van der Waals surface area contributed by atoms with E-state index in [0.29, 0.717) is 12.6 Å². The molecule has 0 atom stereocenters. The Labute approximate surface area is 81.7 Å². The molecular weight excluding hydrogens is 162 g/mol. The van der Waals surface area contributed by atoms with E-state index in [1.165, 1.54) is 5.57 Å². The van der Waals surface area contributed by atoms with Gasteiger partial charge in [0, 0.05) is 12.6 Å². The average molecular weight is 183 g/mol. The van der Waals surface area contributed by atoms with Crippen LogP contribution in [0.4, 0.5) is 0 Å². The van der Waals surface area contributed by atoms with Gasteiger partial charge in [0.05, 0.1) is 12.3 Å². The maximum Gasteiger partial charge on any atom is 0.0883 e. The Balaban J connectivity index is 4.28. The second-order valence-electron chi connectivity index (χ2n) is 3.57. The van der Waals surface area contributed by atoms with Crippen LogP contribution in [0.1, 0.15) is 34.6 Å². The van der Waals surface area contributed by atoms with E-state index in [0.717, 1.165) is 12.3 Å². The van der Waals surface area contributed by atoms with Crippen molar-refractivity contribution in [1.82, 2.24) is 0 Å². The van der Waals surface area contributed by atoms with E-state index in [1.54, 1.807) is 0 Å². The van der Waals surface area contributed by atoms with Gasteiger partial charge >= 0.3 is 0 Å². The van der Waals surface area contributed by atoms with Gasteiger partial charge in [-0.2, -0.15) is 0 Å². The van der Waals surface area contributed by atoms with Crippen molar-refractivity contribution in [2.75, 3.05) is 13.2 Å². The minimum Gasteiger partial charge on any atom is -0.375 e. The van der Waals surface area contributed by atoms with Crippen LogP contribution in [0, 0.1) is 0 Å². The van der Waals surface area contributed by atoms with Gasteiger partial charge in [0.25, 0.3) is 0 Å². The molecule has 0 spiro atoms. The van der Waals surface area contributed by atoms with Gasteiger partial charge in [-0.05, 0) is 40.7 Å². The summed E-state index contributed by atoms with van der Waals surface area (Å²) in [7, 11) is 0. The van der Waals surface area contributed by atoms with Gasteiger partial charge in [0.15, 0.2) is 0 Å². The molecule has 0 rings (SSSR count). The number of hydrogen-bond acceptors (Lipinski definition) is 2. The highest BCUT2D eigenvalue weighted by molar-refractivity contribution is 5.96. The topological polar surface area (TPSA) is 21.6 Å². The van der Waals surface area contributed by atoms with E-state index in [4.69, 9.17) is 4.74 Å². The summed E-state index contributed by atoms with van der Waals surface area (Å²) in [4.78, 5) is 4.47. The van der Waals surface area contributed by atoms with Crippen LogP contribution in [0.3, 0.4) is 0 Å². The molecule has 0 amide bonds. The Bertz CT molecular complexity index is 188. The lowest BCUT2D eigenvalue weighted by Gasteiger charge is -2.05. The van der Waals surface area contributed by atoms with Crippen molar-refractivity contribution in [2.24, 2.45) is 4.99 Å². The molecule has 0 aliphatic heterocycles. The van der Waals surface area contributed by atoms with Crippen LogP contribution >= 0.6 is 0 Å². The molecule has 0 aliphatic carbocycles. The summed E-state index contributed by atoms with van der Waals surface area (Å²) in [6.45, 7) is 11.7. The van der Waals surface area contributed by atoms with E-state index in [2.05, 4.69) is 38.8 Å². The highest BCUT2D eigenvalue weighted by atomic mass is 16.5. The summed E-state index contributed by atoms with van der Waals surface area (Å²) in [5, 5.41) is 0. The smallest absolute Gasteiger partial charge is 0.0883 e. The number of hydrogen-bond donors (Lipinski definition) is 0. The number of rotatable bonds is 5. The maximum absolute atomic E-state index is 5.32. The Kier molecular flexibility index (Phi) is 6.51. The highest BCUT2D eigenvalue weighted by Crippen LogP contribution is 1.96. The van der Waals surface area contributed by atoms with Gasteiger partial charge in [-0.1, -0.05) is 5.57 Å². The molecule has 0 N–H and O–H groups in total. The molecule has 0 bridgehead atoms. The number of aliphatic imine (C=N–C) groups is 1. The van der Waals surface area contributed by atoms with E-state index in [9.17, 15) is 0 Å². The van der Waals surface area contributed by atoms with Crippen LogP contribution in [0.15, 0.2) is 16.6 Å². The average Bonchev–Trinajstić information content (AvgIpc) is 1.98. The summed E-state index contributed by atoms with van der Waals surface area (Å²) in [5.74, 6) is 0. The van der Waals surface area contributed by atoms with Gasteiger partial charge in [-0.25, -0.2) is 0 Å². The van der Waals surface area contributed by atoms with E-state index in [-0.39, 0.29) is 0 Å². The largest absolute Gasteiger partial charge is 0.375 e. The maximum atomic E-state index is 5.32. The predicted molar refractivity (Wildman–Crippen MR) is 58.5 cm³/mol. The third-order valence-corrected chi connectivity index (χ3v) is 1.33. The van der Waals surface area contributed by atoms with Crippen molar-refractivity contribution in [2.45, 2.75) is 40.7 Å². The van der Waals surface area contributed by atoms with Crippen molar-refractivity contribution in [1.29, 1.82) is 0 Å². The highest BCUT2D eigenvalue weighted by Gasteiger charge is 1.96. The third kappa shape index (κ3) is 7.72. The molecule has 0 fully saturated rings. The van der Waals surface area contributed by atoms with Crippen LogP contribution in [0.5, 0.6) is 0 Å². The van der Waals surface area contributed by atoms with Gasteiger partial charge in [-0.3, -0.25) is 4.99 Å². The van der Waals surface area contributed by atoms with Crippen molar-refractivity contribution in [3.05, 3.63) is 11.6 Å². The first kappa shape index (κ1) is 12.4. The fourth-order valence-electron chi connectivity index (χ4n) is 0.988. The fraction of sp³-hybridized carbons (Fsp3) is 0.727. The van der Waals surface area contributed by atoms with Crippen LogP contribution < -0.4 is 0 Å². The van der Waals surface area contributed by atoms with Gasteiger partial charge in [-0.15, -0.1) is 0 Å². The first-order chi connectivity index (χ1) is 6.06. The molecule has 2 nitrogen and oxygen atoms in total. The Morgan fingerprint density at radius 3 is 2.38 bits per heavy atom. The summed E-state index contributed by atoms with van der Waals surface area (Å²) >= 11 is 0. The van der Waals surface area contributed by atoms with Crippen molar-refractivity contribution < 1.29 is 4.74 Å². The molecule has 0 aromatic heterocycles. The molecular formula is C11H21NO. The molecule has 0 aromatic rings. The third-order valence-electron chi connectivity index (χ3n) is 1.33. The quantitative estimate of drug-likeness (QED) is 0.601. The molecule has 0 aromatic carbocycles. The van der Waals surface area contributed by atoms with Crippen molar-refractivity contribution in [3.8, 4) is 0 Å². The minimum absolute atomic E-state index is 0.339. The Hall–Kier alpha value is -0.630. The van der Waals surface area contributed by atoms with Crippen LogP contribution in [0.25, 0.3) is 0 Å². The van der Waals surface area contributed by atoms with E-state index in [1.807, 2.05) is 6.92 Å². The van der Waals surface area contributed by atoms with Gasteiger partial charge in [0.1, 0.15) is 0 Å². The number of allylic oxidation sites excluding steroid dienone is 1. The zero-order valence-corrected chi connectivity index (χ0v) is 9.42. The molecule has 0 radical (unpaired) electrons. The monoisotopic (exact) mass is 183 g/mol. The zero-order chi connectivity index (χ0) is 10.3. The van der Waals surface area contributed by atoms with Crippen LogP contribution in [-0.4, -0.2) is 25.0 Å². The number of ether oxygens (including phenoxy) is 1. The summed E-state index contributed by atoms with van der Waals surface area (Å²) < 4.78 is 5.32. The molecule has 76 valence electrons. The SMILES string of the molecule is CCOCC(C=C(C)C)=NC(C)C. The van der Waals surface area contributed by atoms with Crippen molar-refractivity contribution in [3.63, 3.8) is 0 Å². The lowest BCUT2D eigenvalue weighted by molar-refractivity contribution is 0.187. The zero-order valence-electron chi connectivity index (χ0n) is 9.42. The molecule has 0 heterocycles. The molecule has 0 saturated heterocycles. The van der Waals surface area contributed by atoms with Crippen molar-refractivity contribution >= 4 is 5.71 Å². The molecule has 0 aliphatic rings. The van der Waals surface area contributed by atoms with Gasteiger partial charge in [0.2, 0.25) is 0 Å². The van der Waals surface area contributed by atoms with E-state index >= 15 is 0 Å². The Morgan fingerprint density at radius 2 is 2.00 bits per heavy atom. The predicted octanol–water partition coefficient (Wildman–Crippen LogP) is 2.84. The molecule has 0 saturated carbocycles. The standard InChI is InChI=1S/C11H21NO/c1-6-13-8-11(7-9(2)3)12-10(4)5/h7,10H,6,8H2,1-5H3. The second-order valence-corrected chi connectivity index (χ2v) is 3.57. The first-order valence-corrected chi connectivity index (χ1v) is 4.85.